The Morgan fingerprint density at radius 2 is 1.88 bits per heavy atom. The molecule has 132 valence electrons. The Bertz CT molecular complexity index is 751. The molecule has 0 aliphatic rings. The van der Waals surface area contributed by atoms with Crippen LogP contribution < -0.4 is 5.32 Å². The van der Waals surface area contributed by atoms with Crippen molar-refractivity contribution in [3.63, 3.8) is 0 Å². The van der Waals surface area contributed by atoms with Gasteiger partial charge >= 0.3 is 6.18 Å². The van der Waals surface area contributed by atoms with E-state index in [1.165, 1.54) is 6.26 Å². The Morgan fingerprint density at radius 1 is 1.25 bits per heavy atom. The zero-order valence-electron chi connectivity index (χ0n) is 14.0. The number of amides is 1. The highest BCUT2D eigenvalue weighted by Gasteiger charge is 2.52. The standard InChI is InChI=1S/C17H20F3NO3/c1-10-5-13-12(8-24-14(13)6-11(10)2)7-15(22)21-16(3,9-23-4)17(18,19)20/h5-6,8H,7,9H2,1-4H3,(H,21,22)/t16-/m0/s1. The molecule has 0 radical (unpaired) electrons. The van der Waals surface area contributed by atoms with Gasteiger partial charge in [-0.3, -0.25) is 4.79 Å². The summed E-state index contributed by atoms with van der Waals surface area (Å²) in [5.41, 5.74) is 0.775. The van der Waals surface area contributed by atoms with Gasteiger partial charge in [0.1, 0.15) is 5.58 Å². The van der Waals surface area contributed by atoms with Gasteiger partial charge in [-0.1, -0.05) is 0 Å². The number of furan rings is 1. The minimum atomic E-state index is -4.62. The summed E-state index contributed by atoms with van der Waals surface area (Å²) in [6, 6.07) is 3.71. The highest BCUT2D eigenvalue weighted by Crippen LogP contribution is 2.31. The molecule has 0 unspecified atom stereocenters. The van der Waals surface area contributed by atoms with Crippen LogP contribution in [0.2, 0.25) is 0 Å². The van der Waals surface area contributed by atoms with Crippen molar-refractivity contribution in [2.75, 3.05) is 13.7 Å². The van der Waals surface area contributed by atoms with E-state index in [9.17, 15) is 18.0 Å². The Labute approximate surface area is 138 Å². The smallest absolute Gasteiger partial charge is 0.413 e. The Balaban J connectivity index is 2.22. The van der Waals surface area contributed by atoms with Gasteiger partial charge in [0.05, 0.1) is 19.3 Å². The quantitative estimate of drug-likeness (QED) is 0.901. The van der Waals surface area contributed by atoms with Crippen LogP contribution in [0.5, 0.6) is 0 Å². The summed E-state index contributed by atoms with van der Waals surface area (Å²) in [5.74, 6) is -0.743. The van der Waals surface area contributed by atoms with E-state index in [0.29, 0.717) is 11.1 Å². The average molecular weight is 343 g/mol. The number of hydrogen-bond donors (Lipinski definition) is 1. The van der Waals surface area contributed by atoms with Crippen LogP contribution in [0, 0.1) is 13.8 Å². The van der Waals surface area contributed by atoms with E-state index in [4.69, 9.17) is 4.42 Å². The molecule has 0 spiro atoms. The van der Waals surface area contributed by atoms with Crippen molar-refractivity contribution >= 4 is 16.9 Å². The highest BCUT2D eigenvalue weighted by atomic mass is 19.4. The van der Waals surface area contributed by atoms with Crippen molar-refractivity contribution in [1.29, 1.82) is 0 Å². The summed E-state index contributed by atoms with van der Waals surface area (Å²) < 4.78 is 49.5. The zero-order chi connectivity index (χ0) is 18.1. The minimum absolute atomic E-state index is 0.203. The number of carbonyl (C=O) groups excluding carboxylic acids is 1. The number of aryl methyl sites for hydroxylation is 2. The number of ether oxygens (including phenoxy) is 1. The molecule has 2 aromatic rings. The lowest BCUT2D eigenvalue weighted by Gasteiger charge is -2.32. The highest BCUT2D eigenvalue weighted by molar-refractivity contribution is 5.88. The third kappa shape index (κ3) is 3.56. The number of fused-ring (bicyclic) bond motifs is 1. The molecule has 1 N–H and O–H groups in total. The summed E-state index contributed by atoms with van der Waals surface area (Å²) in [6.45, 7) is 4.09. The van der Waals surface area contributed by atoms with Crippen molar-refractivity contribution in [2.24, 2.45) is 0 Å². The maximum Gasteiger partial charge on any atom is 0.413 e. The van der Waals surface area contributed by atoms with Crippen LogP contribution in [0.1, 0.15) is 23.6 Å². The predicted molar refractivity (Wildman–Crippen MR) is 83.9 cm³/mol. The monoisotopic (exact) mass is 343 g/mol. The molecule has 4 nitrogen and oxygen atoms in total. The lowest BCUT2D eigenvalue weighted by molar-refractivity contribution is -0.204. The first-order valence-corrected chi connectivity index (χ1v) is 7.41. The topological polar surface area (TPSA) is 51.5 Å². The molecule has 0 saturated heterocycles. The summed E-state index contributed by atoms with van der Waals surface area (Å²) in [5, 5.41) is 2.76. The molecule has 24 heavy (non-hydrogen) atoms. The first-order chi connectivity index (χ1) is 11.1. The van der Waals surface area contributed by atoms with Crippen LogP contribution in [-0.2, 0) is 16.0 Å². The minimum Gasteiger partial charge on any atom is -0.464 e. The van der Waals surface area contributed by atoms with E-state index in [1.807, 2.05) is 31.3 Å². The van der Waals surface area contributed by atoms with Crippen molar-refractivity contribution in [2.45, 2.75) is 38.9 Å². The fourth-order valence-corrected chi connectivity index (χ4v) is 2.48. The maximum absolute atomic E-state index is 13.2. The molecule has 1 amide bonds. The van der Waals surface area contributed by atoms with Gasteiger partial charge in [0.15, 0.2) is 5.54 Å². The molecule has 1 aromatic heterocycles. The van der Waals surface area contributed by atoms with Crippen LogP contribution in [-0.4, -0.2) is 31.3 Å². The number of alkyl halides is 3. The van der Waals surface area contributed by atoms with Gasteiger partial charge in [-0.15, -0.1) is 0 Å². The molecule has 0 bridgehead atoms. The van der Waals surface area contributed by atoms with Crippen LogP contribution >= 0.6 is 0 Å². The molecule has 0 fully saturated rings. The van der Waals surface area contributed by atoms with E-state index in [0.717, 1.165) is 30.5 Å². The third-order valence-corrected chi connectivity index (χ3v) is 4.09. The first kappa shape index (κ1) is 18.3. The first-order valence-electron chi connectivity index (χ1n) is 7.41. The van der Waals surface area contributed by atoms with Crippen molar-refractivity contribution in [3.05, 3.63) is 35.1 Å². The Kier molecular flexibility index (Phi) is 4.94. The van der Waals surface area contributed by atoms with Crippen LogP contribution in [0.15, 0.2) is 22.8 Å². The summed E-state index contributed by atoms with van der Waals surface area (Å²) >= 11 is 0. The van der Waals surface area contributed by atoms with Crippen LogP contribution in [0.25, 0.3) is 11.0 Å². The second-order valence-corrected chi connectivity index (χ2v) is 6.18. The largest absolute Gasteiger partial charge is 0.464 e. The van der Waals surface area contributed by atoms with Gasteiger partial charge in [-0.2, -0.15) is 13.2 Å². The molecule has 0 saturated carbocycles. The number of nitrogens with one attached hydrogen (secondary N) is 1. The van der Waals surface area contributed by atoms with E-state index >= 15 is 0 Å². The molecule has 1 heterocycles. The molecule has 2 rings (SSSR count). The van der Waals surface area contributed by atoms with E-state index < -0.39 is 24.2 Å². The average Bonchev–Trinajstić information content (AvgIpc) is 2.80. The Morgan fingerprint density at radius 3 is 2.46 bits per heavy atom. The number of carbonyl (C=O) groups is 1. The summed E-state index contributed by atoms with van der Waals surface area (Å²) in [6.07, 6.45) is -3.42. The van der Waals surface area contributed by atoms with Gasteiger partial charge in [-0.25, -0.2) is 0 Å². The molecule has 0 aliphatic carbocycles. The van der Waals surface area contributed by atoms with Gasteiger partial charge in [-0.05, 0) is 44.0 Å². The van der Waals surface area contributed by atoms with Crippen molar-refractivity contribution in [3.8, 4) is 0 Å². The van der Waals surface area contributed by atoms with Gasteiger partial charge in [0.2, 0.25) is 5.91 Å². The number of methoxy groups -OCH3 is 1. The summed E-state index contributed by atoms with van der Waals surface area (Å²) in [7, 11) is 1.16. The van der Waals surface area contributed by atoms with E-state index in [2.05, 4.69) is 4.74 Å². The fourth-order valence-electron chi connectivity index (χ4n) is 2.48. The normalized spacial score (nSPS) is 14.6. The SMILES string of the molecule is COC[C@](C)(NC(=O)Cc1coc2cc(C)c(C)cc12)C(F)(F)F. The molecule has 1 atom stereocenters. The van der Waals surface area contributed by atoms with Crippen LogP contribution in [0.4, 0.5) is 13.2 Å². The van der Waals surface area contributed by atoms with Crippen molar-refractivity contribution < 1.29 is 27.1 Å². The van der Waals surface area contributed by atoms with Gasteiger partial charge in [0, 0.05) is 18.1 Å². The van der Waals surface area contributed by atoms with E-state index in [-0.39, 0.29) is 6.42 Å². The number of hydrogen-bond acceptors (Lipinski definition) is 3. The number of benzene rings is 1. The van der Waals surface area contributed by atoms with Gasteiger partial charge in [0.25, 0.3) is 0 Å². The molecule has 1 aromatic carbocycles. The lowest BCUT2D eigenvalue weighted by Crippen LogP contribution is -2.59. The molecular weight excluding hydrogens is 323 g/mol. The second-order valence-electron chi connectivity index (χ2n) is 6.18. The number of rotatable bonds is 5. The maximum atomic E-state index is 13.2. The van der Waals surface area contributed by atoms with Crippen molar-refractivity contribution in [1.82, 2.24) is 5.32 Å². The molecule has 0 aliphatic heterocycles. The molecule has 7 heteroatoms. The lowest BCUT2D eigenvalue weighted by atomic mass is 10.0. The number of halogens is 3. The summed E-state index contributed by atoms with van der Waals surface area (Å²) in [4.78, 5) is 12.1. The van der Waals surface area contributed by atoms with E-state index in [1.54, 1.807) is 0 Å². The molecular formula is C17H20F3NO3. The fraction of sp³-hybridized carbons (Fsp3) is 0.471. The zero-order valence-corrected chi connectivity index (χ0v) is 14.0. The van der Waals surface area contributed by atoms with Crippen LogP contribution in [0.3, 0.4) is 0 Å². The predicted octanol–water partition coefficient (Wildman–Crippen LogP) is 3.68. The Hall–Kier alpha value is -2.02. The second kappa shape index (κ2) is 6.47. The van der Waals surface area contributed by atoms with Gasteiger partial charge < -0.3 is 14.5 Å². The third-order valence-electron chi connectivity index (χ3n) is 4.09.